The van der Waals surface area contributed by atoms with Crippen LogP contribution >= 0.6 is 15.9 Å². The van der Waals surface area contributed by atoms with Crippen molar-refractivity contribution in [1.29, 1.82) is 0 Å². The van der Waals surface area contributed by atoms with Gasteiger partial charge in [0.1, 0.15) is 10.2 Å². The van der Waals surface area contributed by atoms with E-state index < -0.39 is 0 Å². The van der Waals surface area contributed by atoms with E-state index in [0.717, 1.165) is 30.8 Å². The Morgan fingerprint density at radius 3 is 3.11 bits per heavy atom. The molecule has 0 aliphatic carbocycles. The predicted molar refractivity (Wildman–Crippen MR) is 71.2 cm³/mol. The van der Waals surface area contributed by atoms with Gasteiger partial charge in [0.05, 0.1) is 0 Å². The smallest absolute Gasteiger partial charge is 0.231 e. The molecule has 1 saturated heterocycles. The van der Waals surface area contributed by atoms with Gasteiger partial charge in [0.2, 0.25) is 6.79 Å². The van der Waals surface area contributed by atoms with E-state index in [4.69, 9.17) is 9.47 Å². The van der Waals surface area contributed by atoms with Crippen molar-refractivity contribution in [3.8, 4) is 17.2 Å². The molecule has 1 fully saturated rings. The monoisotopic (exact) mass is 313 g/mol. The molecular formula is C13H16BrNO3. The average molecular weight is 314 g/mol. The van der Waals surface area contributed by atoms with Gasteiger partial charge in [-0.25, -0.2) is 0 Å². The van der Waals surface area contributed by atoms with Crippen molar-refractivity contribution in [1.82, 2.24) is 5.32 Å². The Morgan fingerprint density at radius 2 is 2.33 bits per heavy atom. The van der Waals surface area contributed by atoms with Crippen LogP contribution in [-0.2, 0) is 6.42 Å². The number of aromatic hydroxyl groups is 1. The maximum absolute atomic E-state index is 10.2. The maximum Gasteiger partial charge on any atom is 0.231 e. The lowest BCUT2D eigenvalue weighted by Crippen LogP contribution is -2.30. The molecule has 2 aliphatic heterocycles. The number of halogens is 1. The summed E-state index contributed by atoms with van der Waals surface area (Å²) in [6.07, 6.45) is 3.28. The molecule has 98 valence electrons. The first kappa shape index (κ1) is 12.1. The highest BCUT2D eigenvalue weighted by molar-refractivity contribution is 9.10. The SMILES string of the molecule is Oc1c(CC2CCCNC2)cc2c(c1Br)OCO2. The zero-order chi connectivity index (χ0) is 12.5. The van der Waals surface area contributed by atoms with Gasteiger partial charge in [-0.2, -0.15) is 0 Å². The van der Waals surface area contributed by atoms with Gasteiger partial charge < -0.3 is 19.9 Å². The molecule has 5 heteroatoms. The van der Waals surface area contributed by atoms with Crippen LogP contribution < -0.4 is 14.8 Å². The van der Waals surface area contributed by atoms with Crippen molar-refractivity contribution in [3.05, 3.63) is 16.1 Å². The van der Waals surface area contributed by atoms with Crippen molar-refractivity contribution in [2.75, 3.05) is 19.9 Å². The molecule has 0 bridgehead atoms. The van der Waals surface area contributed by atoms with Crippen molar-refractivity contribution < 1.29 is 14.6 Å². The van der Waals surface area contributed by atoms with Gasteiger partial charge in [-0.15, -0.1) is 0 Å². The van der Waals surface area contributed by atoms with Crippen molar-refractivity contribution >= 4 is 15.9 Å². The van der Waals surface area contributed by atoms with Crippen LogP contribution in [0.25, 0.3) is 0 Å². The van der Waals surface area contributed by atoms with Gasteiger partial charge in [0, 0.05) is 0 Å². The van der Waals surface area contributed by atoms with Crippen LogP contribution in [0.2, 0.25) is 0 Å². The summed E-state index contributed by atoms with van der Waals surface area (Å²) in [5, 5.41) is 13.6. The van der Waals surface area contributed by atoms with Crippen LogP contribution in [0.4, 0.5) is 0 Å². The first-order valence-electron chi connectivity index (χ1n) is 6.26. The second-order valence-electron chi connectivity index (χ2n) is 4.85. The minimum absolute atomic E-state index is 0.224. The normalized spacial score (nSPS) is 22.2. The summed E-state index contributed by atoms with van der Waals surface area (Å²) in [5.74, 6) is 2.19. The van der Waals surface area contributed by atoms with E-state index in [-0.39, 0.29) is 12.5 Å². The van der Waals surface area contributed by atoms with Crippen molar-refractivity contribution in [2.45, 2.75) is 19.3 Å². The van der Waals surface area contributed by atoms with E-state index in [9.17, 15) is 5.11 Å². The molecule has 4 nitrogen and oxygen atoms in total. The quantitative estimate of drug-likeness (QED) is 0.880. The van der Waals surface area contributed by atoms with Crippen molar-refractivity contribution in [3.63, 3.8) is 0 Å². The molecule has 3 rings (SSSR count). The standard InChI is InChI=1S/C13H16BrNO3/c14-11-12(16)9(4-8-2-1-3-15-6-8)5-10-13(11)18-7-17-10/h5,8,15-16H,1-4,6-7H2. The maximum atomic E-state index is 10.2. The van der Waals surface area contributed by atoms with Gasteiger partial charge in [-0.05, 0) is 65.8 Å². The average Bonchev–Trinajstić information content (AvgIpc) is 2.85. The van der Waals surface area contributed by atoms with Crippen LogP contribution in [0.15, 0.2) is 10.5 Å². The summed E-state index contributed by atoms with van der Waals surface area (Å²) in [7, 11) is 0. The fourth-order valence-corrected chi connectivity index (χ4v) is 3.17. The Hall–Kier alpha value is -0.940. The molecule has 0 aromatic heterocycles. The van der Waals surface area contributed by atoms with E-state index in [2.05, 4.69) is 21.2 Å². The summed E-state index contributed by atoms with van der Waals surface area (Å²) in [6.45, 7) is 2.35. The number of hydrogen-bond acceptors (Lipinski definition) is 4. The molecule has 1 aromatic carbocycles. The Balaban J connectivity index is 1.85. The van der Waals surface area contributed by atoms with Crippen LogP contribution in [0.5, 0.6) is 17.2 Å². The molecule has 18 heavy (non-hydrogen) atoms. The highest BCUT2D eigenvalue weighted by Crippen LogP contribution is 2.46. The fraction of sp³-hybridized carbons (Fsp3) is 0.538. The Bertz CT molecular complexity index is 458. The second-order valence-corrected chi connectivity index (χ2v) is 5.64. The molecule has 0 spiro atoms. The molecule has 1 unspecified atom stereocenters. The number of phenols is 1. The van der Waals surface area contributed by atoms with Gasteiger partial charge in [-0.3, -0.25) is 0 Å². The predicted octanol–water partition coefficient (Wildman–Crippen LogP) is 2.43. The molecule has 0 amide bonds. The molecule has 1 aromatic rings. The molecule has 2 heterocycles. The van der Waals surface area contributed by atoms with Gasteiger partial charge in [-0.1, -0.05) is 0 Å². The molecular weight excluding hydrogens is 298 g/mol. The summed E-state index contributed by atoms with van der Waals surface area (Å²) in [6, 6.07) is 1.90. The number of nitrogens with one attached hydrogen (secondary N) is 1. The second kappa shape index (κ2) is 4.97. The first-order chi connectivity index (χ1) is 8.75. The molecule has 2 aliphatic rings. The number of ether oxygens (including phenoxy) is 2. The number of benzene rings is 1. The summed E-state index contributed by atoms with van der Waals surface area (Å²) < 4.78 is 11.3. The lowest BCUT2D eigenvalue weighted by Gasteiger charge is -2.23. The van der Waals surface area contributed by atoms with E-state index >= 15 is 0 Å². The van der Waals surface area contributed by atoms with Gasteiger partial charge >= 0.3 is 0 Å². The zero-order valence-electron chi connectivity index (χ0n) is 10.0. The third kappa shape index (κ3) is 2.17. The largest absolute Gasteiger partial charge is 0.506 e. The van der Waals surface area contributed by atoms with Crippen LogP contribution in [0, 0.1) is 5.92 Å². The third-order valence-electron chi connectivity index (χ3n) is 3.57. The highest BCUT2D eigenvalue weighted by atomic mass is 79.9. The minimum Gasteiger partial charge on any atom is -0.506 e. The molecule has 0 radical (unpaired) electrons. The minimum atomic E-state index is 0.224. The number of rotatable bonds is 2. The highest BCUT2D eigenvalue weighted by Gasteiger charge is 2.24. The Labute approximate surface area is 114 Å². The summed E-state index contributed by atoms with van der Waals surface area (Å²) in [4.78, 5) is 0. The summed E-state index contributed by atoms with van der Waals surface area (Å²) in [5.41, 5.74) is 0.930. The summed E-state index contributed by atoms with van der Waals surface area (Å²) >= 11 is 3.38. The van der Waals surface area contributed by atoms with Crippen LogP contribution in [0.3, 0.4) is 0 Å². The molecule has 0 saturated carbocycles. The topological polar surface area (TPSA) is 50.7 Å². The third-order valence-corrected chi connectivity index (χ3v) is 4.30. The molecule has 1 atom stereocenters. The fourth-order valence-electron chi connectivity index (χ4n) is 2.61. The number of fused-ring (bicyclic) bond motifs is 1. The lowest BCUT2D eigenvalue weighted by atomic mass is 9.92. The molecule has 2 N–H and O–H groups in total. The Kier molecular flexibility index (Phi) is 3.35. The van der Waals surface area contributed by atoms with E-state index in [0.29, 0.717) is 16.1 Å². The number of phenolic OH excluding ortho intramolecular Hbond substituents is 1. The zero-order valence-corrected chi connectivity index (χ0v) is 11.6. The van der Waals surface area contributed by atoms with E-state index in [1.165, 1.54) is 12.8 Å². The number of hydrogen-bond donors (Lipinski definition) is 2. The van der Waals surface area contributed by atoms with E-state index in [1.54, 1.807) is 0 Å². The van der Waals surface area contributed by atoms with Gasteiger partial charge in [0.15, 0.2) is 11.5 Å². The Morgan fingerprint density at radius 1 is 1.44 bits per heavy atom. The van der Waals surface area contributed by atoms with Crippen molar-refractivity contribution in [2.24, 2.45) is 5.92 Å². The lowest BCUT2D eigenvalue weighted by molar-refractivity contribution is 0.173. The van der Waals surface area contributed by atoms with Gasteiger partial charge in [0.25, 0.3) is 0 Å². The number of piperidine rings is 1. The van der Waals surface area contributed by atoms with Crippen LogP contribution in [0.1, 0.15) is 18.4 Å². The first-order valence-corrected chi connectivity index (χ1v) is 7.05. The van der Waals surface area contributed by atoms with E-state index in [1.807, 2.05) is 6.07 Å². The van der Waals surface area contributed by atoms with Crippen LogP contribution in [-0.4, -0.2) is 25.0 Å².